The van der Waals surface area contributed by atoms with Crippen molar-refractivity contribution in [2.45, 2.75) is 45.6 Å². The minimum atomic E-state index is -0.625. The number of aryl methyl sites for hydroxylation is 1. The van der Waals surface area contributed by atoms with E-state index in [9.17, 15) is 14.4 Å². The minimum absolute atomic E-state index is 0.0120. The van der Waals surface area contributed by atoms with Crippen molar-refractivity contribution in [3.8, 4) is 0 Å². The lowest BCUT2D eigenvalue weighted by atomic mass is 10.1. The zero-order valence-electron chi connectivity index (χ0n) is 16.2. The van der Waals surface area contributed by atoms with Crippen molar-refractivity contribution in [1.82, 2.24) is 10.2 Å². The van der Waals surface area contributed by atoms with Crippen molar-refractivity contribution in [2.75, 3.05) is 25.0 Å². The summed E-state index contributed by atoms with van der Waals surface area (Å²) in [4.78, 5) is 37.7. The number of likely N-dealkylation sites (tertiary alicyclic amines) is 1. The standard InChI is InChI=1S/C20H30N4O3/c1-14(2)19(21)20(27)22-13-17(25)23-16-8-5-15(6-9-16)7-10-18(26)24-11-3-4-12-24/h5-6,8-9,14,19H,3-4,7,10-13,21H2,1-2H3,(H,22,27)(H,23,25)/t19-/m0/s1. The van der Waals surface area contributed by atoms with E-state index in [0.29, 0.717) is 18.5 Å². The number of amides is 3. The Bertz CT molecular complexity index is 652. The van der Waals surface area contributed by atoms with Crippen LogP contribution >= 0.6 is 0 Å². The predicted molar refractivity (Wildman–Crippen MR) is 105 cm³/mol. The molecule has 1 aliphatic rings. The van der Waals surface area contributed by atoms with Crippen LogP contribution in [0.2, 0.25) is 0 Å². The molecule has 1 aliphatic heterocycles. The van der Waals surface area contributed by atoms with Gasteiger partial charge in [0.25, 0.3) is 0 Å². The molecule has 0 aromatic heterocycles. The van der Waals surface area contributed by atoms with Crippen molar-refractivity contribution >= 4 is 23.4 Å². The third-order valence-corrected chi connectivity index (χ3v) is 4.77. The third kappa shape index (κ3) is 6.67. The van der Waals surface area contributed by atoms with Gasteiger partial charge < -0.3 is 21.3 Å². The number of rotatable bonds is 8. The molecule has 1 atom stereocenters. The number of carbonyl (C=O) groups excluding carboxylic acids is 3. The smallest absolute Gasteiger partial charge is 0.243 e. The molecule has 1 saturated heterocycles. The van der Waals surface area contributed by atoms with Crippen LogP contribution < -0.4 is 16.4 Å². The highest BCUT2D eigenvalue weighted by molar-refractivity contribution is 5.95. The largest absolute Gasteiger partial charge is 0.346 e. The molecule has 148 valence electrons. The van der Waals surface area contributed by atoms with Crippen LogP contribution in [0.15, 0.2) is 24.3 Å². The highest BCUT2D eigenvalue weighted by Crippen LogP contribution is 2.14. The van der Waals surface area contributed by atoms with Crippen LogP contribution in [0.5, 0.6) is 0 Å². The number of nitrogens with zero attached hydrogens (tertiary/aromatic N) is 1. The molecule has 2 rings (SSSR count). The van der Waals surface area contributed by atoms with Gasteiger partial charge in [0, 0.05) is 25.2 Å². The summed E-state index contributed by atoms with van der Waals surface area (Å²) in [6.07, 6.45) is 3.40. The van der Waals surface area contributed by atoms with Gasteiger partial charge in [-0.05, 0) is 42.9 Å². The molecule has 0 spiro atoms. The molecule has 7 nitrogen and oxygen atoms in total. The van der Waals surface area contributed by atoms with Crippen LogP contribution in [-0.2, 0) is 20.8 Å². The number of nitrogens with one attached hydrogen (secondary N) is 2. The Hall–Kier alpha value is -2.41. The summed E-state index contributed by atoms with van der Waals surface area (Å²) in [5.74, 6) is -0.424. The van der Waals surface area contributed by atoms with Crippen molar-refractivity contribution in [2.24, 2.45) is 11.7 Å². The van der Waals surface area contributed by atoms with E-state index in [1.165, 1.54) is 0 Å². The molecule has 0 bridgehead atoms. The van der Waals surface area contributed by atoms with E-state index in [1.807, 2.05) is 30.9 Å². The molecule has 1 fully saturated rings. The van der Waals surface area contributed by atoms with E-state index in [0.717, 1.165) is 31.5 Å². The van der Waals surface area contributed by atoms with Crippen LogP contribution in [0, 0.1) is 5.92 Å². The molecule has 4 N–H and O–H groups in total. The average Bonchev–Trinajstić information content (AvgIpc) is 3.19. The normalized spacial score (nSPS) is 14.9. The molecule has 7 heteroatoms. The molecule has 0 radical (unpaired) electrons. The van der Waals surface area contributed by atoms with Crippen LogP contribution in [0.3, 0.4) is 0 Å². The molecule has 1 aromatic rings. The van der Waals surface area contributed by atoms with Crippen LogP contribution in [-0.4, -0.2) is 48.3 Å². The molecule has 1 heterocycles. The maximum Gasteiger partial charge on any atom is 0.243 e. The topological polar surface area (TPSA) is 105 Å². The first-order chi connectivity index (χ1) is 12.9. The van der Waals surface area contributed by atoms with Gasteiger partial charge in [0.15, 0.2) is 0 Å². The van der Waals surface area contributed by atoms with E-state index >= 15 is 0 Å². The quantitative estimate of drug-likeness (QED) is 0.637. The highest BCUT2D eigenvalue weighted by Gasteiger charge is 2.18. The first-order valence-corrected chi connectivity index (χ1v) is 9.56. The number of nitrogens with two attached hydrogens (primary N) is 1. The molecule has 0 aliphatic carbocycles. The minimum Gasteiger partial charge on any atom is -0.346 e. The van der Waals surface area contributed by atoms with Crippen molar-refractivity contribution < 1.29 is 14.4 Å². The zero-order chi connectivity index (χ0) is 19.8. The Morgan fingerprint density at radius 2 is 1.74 bits per heavy atom. The van der Waals surface area contributed by atoms with Crippen LogP contribution in [0.4, 0.5) is 5.69 Å². The summed E-state index contributed by atoms with van der Waals surface area (Å²) >= 11 is 0. The van der Waals surface area contributed by atoms with Crippen LogP contribution in [0.25, 0.3) is 0 Å². The second kappa shape index (κ2) is 10.1. The molecule has 27 heavy (non-hydrogen) atoms. The van der Waals surface area contributed by atoms with E-state index in [2.05, 4.69) is 10.6 Å². The number of carbonyl (C=O) groups is 3. The first kappa shape index (κ1) is 20.9. The second-order valence-corrected chi connectivity index (χ2v) is 7.32. The lowest BCUT2D eigenvalue weighted by Gasteiger charge is -2.15. The Labute approximate surface area is 160 Å². The number of anilines is 1. The molecule has 3 amide bonds. The van der Waals surface area contributed by atoms with Crippen molar-refractivity contribution in [3.63, 3.8) is 0 Å². The maximum atomic E-state index is 12.1. The van der Waals surface area contributed by atoms with Gasteiger partial charge in [-0.25, -0.2) is 0 Å². The van der Waals surface area contributed by atoms with E-state index in [4.69, 9.17) is 5.73 Å². The predicted octanol–water partition coefficient (Wildman–Crippen LogP) is 1.28. The number of hydrogen-bond donors (Lipinski definition) is 3. The summed E-state index contributed by atoms with van der Waals surface area (Å²) in [6.45, 7) is 5.34. The Morgan fingerprint density at radius 1 is 1.11 bits per heavy atom. The van der Waals surface area contributed by atoms with Gasteiger partial charge in [-0.1, -0.05) is 26.0 Å². The fourth-order valence-corrected chi connectivity index (χ4v) is 2.92. The second-order valence-electron chi connectivity index (χ2n) is 7.32. The fourth-order valence-electron chi connectivity index (χ4n) is 2.92. The Kier molecular flexibility index (Phi) is 7.79. The summed E-state index contributed by atoms with van der Waals surface area (Å²) in [5.41, 5.74) is 7.44. The first-order valence-electron chi connectivity index (χ1n) is 9.56. The molecule has 1 aromatic carbocycles. The third-order valence-electron chi connectivity index (χ3n) is 4.77. The van der Waals surface area contributed by atoms with E-state index in [-0.39, 0.29) is 30.2 Å². The molecular weight excluding hydrogens is 344 g/mol. The molecule has 0 unspecified atom stereocenters. The SMILES string of the molecule is CC(C)[C@H](N)C(=O)NCC(=O)Nc1ccc(CCC(=O)N2CCCC2)cc1. The lowest BCUT2D eigenvalue weighted by molar-refractivity contribution is -0.130. The average molecular weight is 374 g/mol. The maximum absolute atomic E-state index is 12.1. The Morgan fingerprint density at radius 3 is 2.33 bits per heavy atom. The Balaban J connectivity index is 1.73. The van der Waals surface area contributed by atoms with Gasteiger partial charge >= 0.3 is 0 Å². The molecular formula is C20H30N4O3. The summed E-state index contributed by atoms with van der Waals surface area (Å²) in [7, 11) is 0. The van der Waals surface area contributed by atoms with Gasteiger partial charge in [0.05, 0.1) is 12.6 Å². The highest BCUT2D eigenvalue weighted by atomic mass is 16.2. The van der Waals surface area contributed by atoms with Gasteiger partial charge in [-0.2, -0.15) is 0 Å². The summed E-state index contributed by atoms with van der Waals surface area (Å²) in [5, 5.41) is 5.27. The van der Waals surface area contributed by atoms with E-state index < -0.39 is 6.04 Å². The molecule has 0 saturated carbocycles. The van der Waals surface area contributed by atoms with Crippen molar-refractivity contribution in [1.29, 1.82) is 0 Å². The lowest BCUT2D eigenvalue weighted by Crippen LogP contribution is -2.46. The monoisotopic (exact) mass is 374 g/mol. The van der Waals surface area contributed by atoms with E-state index in [1.54, 1.807) is 12.1 Å². The van der Waals surface area contributed by atoms with Gasteiger partial charge in [0.2, 0.25) is 17.7 Å². The van der Waals surface area contributed by atoms with Gasteiger partial charge in [0.1, 0.15) is 0 Å². The number of benzene rings is 1. The van der Waals surface area contributed by atoms with Gasteiger partial charge in [-0.15, -0.1) is 0 Å². The van der Waals surface area contributed by atoms with Gasteiger partial charge in [-0.3, -0.25) is 14.4 Å². The zero-order valence-corrected chi connectivity index (χ0v) is 16.2. The fraction of sp³-hybridized carbons (Fsp3) is 0.550. The summed E-state index contributed by atoms with van der Waals surface area (Å²) in [6, 6.07) is 6.78. The van der Waals surface area contributed by atoms with Crippen molar-refractivity contribution in [3.05, 3.63) is 29.8 Å². The number of hydrogen-bond acceptors (Lipinski definition) is 4. The summed E-state index contributed by atoms with van der Waals surface area (Å²) < 4.78 is 0. The van der Waals surface area contributed by atoms with Crippen LogP contribution in [0.1, 0.15) is 38.7 Å².